The summed E-state index contributed by atoms with van der Waals surface area (Å²) in [5, 5.41) is 2.72. The number of carbonyl (C=O) groups excluding carboxylic acids is 1. The lowest BCUT2D eigenvalue weighted by molar-refractivity contribution is -0.121. The van der Waals surface area contributed by atoms with E-state index in [1.54, 1.807) is 13.2 Å². The molecule has 0 spiro atoms. The molecule has 0 saturated carbocycles. The summed E-state index contributed by atoms with van der Waals surface area (Å²) in [6.07, 6.45) is 3.73. The van der Waals surface area contributed by atoms with Gasteiger partial charge in [0.2, 0.25) is 5.91 Å². The number of anilines is 1. The molecular formula is C12H16BrN3O. The summed E-state index contributed by atoms with van der Waals surface area (Å²) in [5.74, 6) is 0.960. The first-order chi connectivity index (χ1) is 8.13. The van der Waals surface area contributed by atoms with Crippen LogP contribution < -0.4 is 10.2 Å². The smallest absolute Gasteiger partial charge is 0.242 e. The van der Waals surface area contributed by atoms with Crippen LogP contribution in [-0.2, 0) is 4.79 Å². The Morgan fingerprint density at radius 3 is 3.06 bits per heavy atom. The fraction of sp³-hybridized carbons (Fsp3) is 0.500. The van der Waals surface area contributed by atoms with Gasteiger partial charge in [0.25, 0.3) is 0 Å². The van der Waals surface area contributed by atoms with Crippen molar-refractivity contribution in [2.45, 2.75) is 25.8 Å². The summed E-state index contributed by atoms with van der Waals surface area (Å²) >= 11 is 3.44. The Bertz CT molecular complexity index is 436. The lowest BCUT2D eigenvalue weighted by atomic mass is 10.2. The van der Waals surface area contributed by atoms with Crippen LogP contribution >= 0.6 is 15.9 Å². The number of rotatable bonds is 2. The van der Waals surface area contributed by atoms with Gasteiger partial charge in [-0.25, -0.2) is 4.98 Å². The molecule has 2 heterocycles. The molecule has 1 aliphatic heterocycles. The predicted octanol–water partition coefficient (Wildman–Crippen LogP) is 1.87. The number of aryl methyl sites for hydroxylation is 1. The van der Waals surface area contributed by atoms with Crippen molar-refractivity contribution in [2.75, 3.05) is 18.5 Å². The van der Waals surface area contributed by atoms with Gasteiger partial charge in [0.05, 0.1) is 0 Å². The zero-order valence-corrected chi connectivity index (χ0v) is 11.6. The second-order valence-electron chi connectivity index (χ2n) is 4.26. The largest absolute Gasteiger partial charge is 0.357 e. The third-order valence-electron chi connectivity index (χ3n) is 3.13. The van der Waals surface area contributed by atoms with Gasteiger partial charge in [-0.05, 0) is 47.3 Å². The maximum atomic E-state index is 11.8. The lowest BCUT2D eigenvalue weighted by Crippen LogP contribution is -2.42. The summed E-state index contributed by atoms with van der Waals surface area (Å²) in [4.78, 5) is 18.2. The first-order valence-corrected chi connectivity index (χ1v) is 6.53. The van der Waals surface area contributed by atoms with Crippen molar-refractivity contribution >= 4 is 27.7 Å². The van der Waals surface area contributed by atoms with E-state index in [-0.39, 0.29) is 11.9 Å². The van der Waals surface area contributed by atoms with Gasteiger partial charge in [-0.2, -0.15) is 0 Å². The van der Waals surface area contributed by atoms with Gasteiger partial charge < -0.3 is 10.2 Å². The van der Waals surface area contributed by atoms with Gasteiger partial charge in [0.15, 0.2) is 0 Å². The number of pyridine rings is 1. The van der Waals surface area contributed by atoms with E-state index in [1.807, 2.05) is 13.0 Å². The number of nitrogens with one attached hydrogen (secondary N) is 1. The SMILES string of the molecule is CNC(=O)C1CCCN1c1cc(C)c(Br)cn1. The van der Waals surface area contributed by atoms with Crippen LogP contribution in [0, 0.1) is 6.92 Å². The Labute approximate surface area is 110 Å². The Hall–Kier alpha value is -1.10. The summed E-state index contributed by atoms with van der Waals surface area (Å²) in [5.41, 5.74) is 1.14. The van der Waals surface area contributed by atoms with Crippen molar-refractivity contribution in [2.24, 2.45) is 0 Å². The average molecular weight is 298 g/mol. The predicted molar refractivity (Wildman–Crippen MR) is 71.1 cm³/mol. The van der Waals surface area contributed by atoms with E-state index in [9.17, 15) is 4.79 Å². The molecule has 17 heavy (non-hydrogen) atoms. The van der Waals surface area contributed by atoms with Crippen LogP contribution in [0.1, 0.15) is 18.4 Å². The molecule has 0 radical (unpaired) electrons. The first-order valence-electron chi connectivity index (χ1n) is 5.74. The summed E-state index contributed by atoms with van der Waals surface area (Å²) < 4.78 is 0.997. The average Bonchev–Trinajstić information content (AvgIpc) is 2.80. The highest BCUT2D eigenvalue weighted by atomic mass is 79.9. The maximum absolute atomic E-state index is 11.8. The normalized spacial score (nSPS) is 19.5. The van der Waals surface area contributed by atoms with Crippen molar-refractivity contribution < 1.29 is 4.79 Å². The molecular weight excluding hydrogens is 282 g/mol. The molecule has 0 bridgehead atoms. The molecule has 1 N–H and O–H groups in total. The number of hydrogen-bond donors (Lipinski definition) is 1. The van der Waals surface area contributed by atoms with Crippen LogP contribution in [0.15, 0.2) is 16.7 Å². The number of aromatic nitrogens is 1. The van der Waals surface area contributed by atoms with E-state index < -0.39 is 0 Å². The quantitative estimate of drug-likeness (QED) is 0.906. The number of likely N-dealkylation sites (N-methyl/N-ethyl adjacent to an activating group) is 1. The number of hydrogen-bond acceptors (Lipinski definition) is 3. The van der Waals surface area contributed by atoms with Crippen LogP contribution in [0.2, 0.25) is 0 Å². The minimum atomic E-state index is -0.0759. The van der Waals surface area contributed by atoms with E-state index in [4.69, 9.17) is 0 Å². The fourth-order valence-corrected chi connectivity index (χ4v) is 2.38. The topological polar surface area (TPSA) is 45.2 Å². The van der Waals surface area contributed by atoms with Gasteiger partial charge in [-0.15, -0.1) is 0 Å². The molecule has 0 aliphatic carbocycles. The van der Waals surface area contributed by atoms with Gasteiger partial charge in [0.1, 0.15) is 11.9 Å². The highest BCUT2D eigenvalue weighted by molar-refractivity contribution is 9.10. The standard InChI is InChI=1S/C12H16BrN3O/c1-8-6-11(15-7-9(8)13)16-5-3-4-10(16)12(17)14-2/h6-7,10H,3-5H2,1-2H3,(H,14,17). The summed E-state index contributed by atoms with van der Waals surface area (Å²) in [6, 6.07) is 1.94. The molecule has 92 valence electrons. The van der Waals surface area contributed by atoms with Crippen molar-refractivity contribution in [3.63, 3.8) is 0 Å². The third kappa shape index (κ3) is 2.44. The van der Waals surface area contributed by atoms with Gasteiger partial charge in [0, 0.05) is 24.3 Å². The van der Waals surface area contributed by atoms with Crippen LogP contribution in [0.3, 0.4) is 0 Å². The summed E-state index contributed by atoms with van der Waals surface area (Å²) in [7, 11) is 1.68. The molecule has 0 aromatic carbocycles. The molecule has 1 aliphatic rings. The highest BCUT2D eigenvalue weighted by Gasteiger charge is 2.30. The minimum Gasteiger partial charge on any atom is -0.357 e. The Balaban J connectivity index is 2.26. The number of halogens is 1. The third-order valence-corrected chi connectivity index (χ3v) is 3.96. The fourth-order valence-electron chi connectivity index (χ4n) is 2.16. The number of amides is 1. The maximum Gasteiger partial charge on any atom is 0.242 e. The molecule has 1 saturated heterocycles. The van der Waals surface area contributed by atoms with Crippen molar-refractivity contribution in [1.82, 2.24) is 10.3 Å². The Morgan fingerprint density at radius 1 is 1.65 bits per heavy atom. The van der Waals surface area contributed by atoms with E-state index in [1.165, 1.54) is 0 Å². The van der Waals surface area contributed by atoms with Crippen molar-refractivity contribution in [1.29, 1.82) is 0 Å². The second-order valence-corrected chi connectivity index (χ2v) is 5.11. The summed E-state index contributed by atoms with van der Waals surface area (Å²) in [6.45, 7) is 2.92. The van der Waals surface area contributed by atoms with Crippen molar-refractivity contribution in [3.05, 3.63) is 22.3 Å². The first kappa shape index (κ1) is 12.4. The Kier molecular flexibility index (Phi) is 3.66. The van der Waals surface area contributed by atoms with Gasteiger partial charge in [-0.3, -0.25) is 4.79 Å². The molecule has 1 unspecified atom stereocenters. The van der Waals surface area contributed by atoms with E-state index in [2.05, 4.69) is 31.1 Å². The number of nitrogens with zero attached hydrogens (tertiary/aromatic N) is 2. The zero-order chi connectivity index (χ0) is 12.4. The van der Waals surface area contributed by atoms with E-state index >= 15 is 0 Å². The molecule has 1 amide bonds. The van der Waals surface area contributed by atoms with Gasteiger partial charge >= 0.3 is 0 Å². The second kappa shape index (κ2) is 5.04. The number of carbonyl (C=O) groups is 1. The lowest BCUT2D eigenvalue weighted by Gasteiger charge is -2.24. The molecule has 1 fully saturated rings. The van der Waals surface area contributed by atoms with Crippen LogP contribution in [0.5, 0.6) is 0 Å². The molecule has 1 aromatic heterocycles. The molecule has 1 atom stereocenters. The Morgan fingerprint density at radius 2 is 2.41 bits per heavy atom. The van der Waals surface area contributed by atoms with Crippen LogP contribution in [0.25, 0.3) is 0 Å². The van der Waals surface area contributed by atoms with Crippen LogP contribution in [0.4, 0.5) is 5.82 Å². The van der Waals surface area contributed by atoms with E-state index in [0.29, 0.717) is 0 Å². The minimum absolute atomic E-state index is 0.0740. The highest BCUT2D eigenvalue weighted by Crippen LogP contribution is 2.26. The van der Waals surface area contributed by atoms with Crippen molar-refractivity contribution in [3.8, 4) is 0 Å². The van der Waals surface area contributed by atoms with Gasteiger partial charge in [-0.1, -0.05) is 0 Å². The zero-order valence-electron chi connectivity index (χ0n) is 10.0. The molecule has 5 heteroatoms. The molecule has 4 nitrogen and oxygen atoms in total. The monoisotopic (exact) mass is 297 g/mol. The van der Waals surface area contributed by atoms with E-state index in [0.717, 1.165) is 35.2 Å². The molecule has 2 rings (SSSR count). The van der Waals surface area contributed by atoms with Crippen LogP contribution in [-0.4, -0.2) is 30.5 Å². The molecule has 1 aromatic rings.